The SMILES string of the molecule is C=C(/C=C1/N=C(C(=O)N2CCc3sc(C)cc3C2C)C=C(CC)N1C)c1ccc(-c2ccc(C(=O)OCC)cn2)cc1F. The molecule has 0 saturated carbocycles. The first-order chi connectivity index (χ1) is 20.6. The van der Waals surface area contributed by atoms with Gasteiger partial charge in [0.1, 0.15) is 17.3 Å². The summed E-state index contributed by atoms with van der Waals surface area (Å²) in [5.41, 5.74) is 4.67. The summed E-state index contributed by atoms with van der Waals surface area (Å²) in [5, 5.41) is 0. The second-order valence-corrected chi connectivity index (χ2v) is 11.9. The monoisotopic (exact) mass is 598 g/mol. The van der Waals surface area contributed by atoms with Crippen LogP contribution in [0.3, 0.4) is 0 Å². The van der Waals surface area contributed by atoms with Gasteiger partial charge < -0.3 is 14.5 Å². The second kappa shape index (κ2) is 12.5. The van der Waals surface area contributed by atoms with Crippen molar-refractivity contribution in [3.8, 4) is 11.3 Å². The number of aliphatic imine (C=N–C) groups is 1. The largest absolute Gasteiger partial charge is 0.462 e. The van der Waals surface area contributed by atoms with E-state index in [-0.39, 0.29) is 18.6 Å². The minimum atomic E-state index is -0.468. The first kappa shape index (κ1) is 30.1. The van der Waals surface area contributed by atoms with Crippen LogP contribution in [0.1, 0.15) is 64.5 Å². The summed E-state index contributed by atoms with van der Waals surface area (Å²) in [6.45, 7) is 13.0. The second-order valence-electron chi connectivity index (χ2n) is 10.6. The summed E-state index contributed by atoms with van der Waals surface area (Å²) in [4.78, 5) is 41.1. The van der Waals surface area contributed by atoms with Crippen LogP contribution in [0.4, 0.5) is 4.39 Å². The highest BCUT2D eigenvalue weighted by Crippen LogP contribution is 2.36. The zero-order valence-electron chi connectivity index (χ0n) is 25.1. The number of hydrogen-bond donors (Lipinski definition) is 0. The number of nitrogens with zero attached hydrogens (tertiary/aromatic N) is 4. The van der Waals surface area contributed by atoms with Crippen molar-refractivity contribution in [2.24, 2.45) is 4.99 Å². The van der Waals surface area contributed by atoms with Gasteiger partial charge in [-0.05, 0) is 81.2 Å². The quantitative estimate of drug-likeness (QED) is 0.271. The van der Waals surface area contributed by atoms with Crippen LogP contribution >= 0.6 is 11.3 Å². The van der Waals surface area contributed by atoms with Gasteiger partial charge >= 0.3 is 5.97 Å². The lowest BCUT2D eigenvalue weighted by molar-refractivity contribution is -0.126. The number of amides is 1. The molecule has 1 atom stereocenters. The molecule has 2 aliphatic heterocycles. The van der Waals surface area contributed by atoms with Gasteiger partial charge in [-0.3, -0.25) is 9.78 Å². The molecular weight excluding hydrogens is 563 g/mol. The van der Waals surface area contributed by atoms with Crippen molar-refractivity contribution < 1.29 is 18.7 Å². The van der Waals surface area contributed by atoms with Crippen molar-refractivity contribution in [3.63, 3.8) is 0 Å². The molecule has 4 heterocycles. The Kier molecular flexibility index (Phi) is 8.73. The van der Waals surface area contributed by atoms with E-state index in [0.717, 1.165) is 12.1 Å². The smallest absolute Gasteiger partial charge is 0.339 e. The normalized spacial score (nSPS) is 17.3. The first-order valence-electron chi connectivity index (χ1n) is 14.4. The Morgan fingerprint density at radius 3 is 2.67 bits per heavy atom. The van der Waals surface area contributed by atoms with E-state index < -0.39 is 11.8 Å². The van der Waals surface area contributed by atoms with Gasteiger partial charge in [-0.2, -0.15) is 0 Å². The molecule has 0 saturated heterocycles. The van der Waals surface area contributed by atoms with Gasteiger partial charge in [0.05, 0.1) is 23.9 Å². The van der Waals surface area contributed by atoms with Crippen molar-refractivity contribution in [2.45, 2.75) is 46.6 Å². The third-order valence-electron chi connectivity index (χ3n) is 7.81. The van der Waals surface area contributed by atoms with Gasteiger partial charge in [0.2, 0.25) is 0 Å². The summed E-state index contributed by atoms with van der Waals surface area (Å²) in [6, 6.07) is 10.2. The summed E-state index contributed by atoms with van der Waals surface area (Å²) in [6.07, 6.45) is 6.50. The van der Waals surface area contributed by atoms with E-state index in [2.05, 4.69) is 31.5 Å². The minimum Gasteiger partial charge on any atom is -0.462 e. The van der Waals surface area contributed by atoms with Crippen LogP contribution in [0, 0.1) is 12.7 Å². The molecule has 222 valence electrons. The molecular formula is C34H35FN4O3S. The zero-order chi connectivity index (χ0) is 30.8. The molecule has 7 nitrogen and oxygen atoms in total. The maximum absolute atomic E-state index is 15.4. The van der Waals surface area contributed by atoms with Gasteiger partial charge in [-0.25, -0.2) is 14.2 Å². The molecule has 2 aromatic heterocycles. The highest BCUT2D eigenvalue weighted by atomic mass is 32.1. The Balaban J connectivity index is 1.39. The zero-order valence-corrected chi connectivity index (χ0v) is 25.9. The van der Waals surface area contributed by atoms with Gasteiger partial charge in [-0.1, -0.05) is 25.6 Å². The number of aromatic nitrogens is 1. The van der Waals surface area contributed by atoms with Crippen molar-refractivity contribution in [1.82, 2.24) is 14.8 Å². The maximum atomic E-state index is 15.4. The summed E-state index contributed by atoms with van der Waals surface area (Å²) in [5.74, 6) is -0.519. The molecule has 1 unspecified atom stereocenters. The Hall–Kier alpha value is -4.37. The highest BCUT2D eigenvalue weighted by Gasteiger charge is 2.32. The predicted octanol–water partition coefficient (Wildman–Crippen LogP) is 7.12. The number of carbonyl (C=O) groups excluding carboxylic acids is 2. The minimum absolute atomic E-state index is 0.0344. The fraction of sp³-hybridized carbons (Fsp3) is 0.294. The number of fused-ring (bicyclic) bond motifs is 1. The van der Waals surface area contributed by atoms with Gasteiger partial charge in [0, 0.05) is 46.4 Å². The predicted molar refractivity (Wildman–Crippen MR) is 169 cm³/mol. The van der Waals surface area contributed by atoms with Crippen molar-refractivity contribution >= 4 is 34.5 Å². The summed E-state index contributed by atoms with van der Waals surface area (Å²) < 4.78 is 20.4. The van der Waals surface area contributed by atoms with Crippen LogP contribution in [0.25, 0.3) is 16.8 Å². The molecule has 1 aromatic carbocycles. The summed E-state index contributed by atoms with van der Waals surface area (Å²) in [7, 11) is 1.88. The van der Waals surface area contributed by atoms with Crippen LogP contribution < -0.4 is 0 Å². The molecule has 5 rings (SSSR count). The fourth-order valence-corrected chi connectivity index (χ4v) is 6.53. The molecule has 0 fully saturated rings. The first-order valence-corrected chi connectivity index (χ1v) is 15.2. The molecule has 0 bridgehead atoms. The Morgan fingerprint density at radius 2 is 2.00 bits per heavy atom. The third-order valence-corrected chi connectivity index (χ3v) is 8.93. The van der Waals surface area contributed by atoms with Crippen LogP contribution in [0.5, 0.6) is 0 Å². The number of benzene rings is 1. The van der Waals surface area contributed by atoms with Gasteiger partial charge in [0.15, 0.2) is 0 Å². The van der Waals surface area contributed by atoms with Crippen LogP contribution in [0.15, 0.2) is 77.8 Å². The molecule has 1 amide bonds. The number of rotatable bonds is 7. The van der Waals surface area contributed by atoms with Crippen molar-refractivity contribution in [2.75, 3.05) is 20.2 Å². The molecule has 43 heavy (non-hydrogen) atoms. The van der Waals surface area contributed by atoms with E-state index in [1.807, 2.05) is 29.8 Å². The number of hydrogen-bond acceptors (Lipinski definition) is 7. The van der Waals surface area contributed by atoms with E-state index in [4.69, 9.17) is 9.73 Å². The van der Waals surface area contributed by atoms with E-state index in [9.17, 15) is 9.59 Å². The molecule has 9 heteroatoms. The average molecular weight is 599 g/mol. The van der Waals surface area contributed by atoms with E-state index >= 15 is 4.39 Å². The average Bonchev–Trinajstić information content (AvgIpc) is 3.39. The Labute approximate surface area is 255 Å². The number of thiophene rings is 1. The number of pyridine rings is 1. The van der Waals surface area contributed by atoms with E-state index in [1.54, 1.807) is 48.6 Å². The molecule has 0 aliphatic carbocycles. The lowest BCUT2D eigenvalue weighted by Gasteiger charge is -2.35. The standard InChI is InChI=1S/C34H35FN4O3S/c1-7-25-18-30(33(40)39-14-13-31-27(22(39)5)16-21(4)43-31)37-32(38(25)6)15-20(3)26-11-9-23(17-28(26)35)29-12-10-24(19-36-29)34(41)42-8-2/h9-12,15-19,22H,3,7-8,13-14H2,1-2,4-6H3/b32-15-. The number of carbonyl (C=O) groups is 2. The third kappa shape index (κ3) is 6.08. The lowest BCUT2D eigenvalue weighted by atomic mass is 10.00. The fourth-order valence-electron chi connectivity index (χ4n) is 5.42. The number of halogens is 1. The van der Waals surface area contributed by atoms with Crippen LogP contribution in [-0.4, -0.2) is 52.6 Å². The molecule has 0 N–H and O–H groups in total. The van der Waals surface area contributed by atoms with E-state index in [1.165, 1.54) is 27.6 Å². The van der Waals surface area contributed by atoms with Gasteiger partial charge in [-0.15, -0.1) is 11.3 Å². The number of allylic oxidation sites excluding steroid dienone is 3. The van der Waals surface area contributed by atoms with Crippen molar-refractivity contribution in [1.29, 1.82) is 0 Å². The highest BCUT2D eigenvalue weighted by molar-refractivity contribution is 7.12. The van der Waals surface area contributed by atoms with Crippen LogP contribution in [0.2, 0.25) is 0 Å². The Bertz CT molecular complexity index is 1690. The number of ether oxygens (including phenoxy) is 1. The van der Waals surface area contributed by atoms with Crippen LogP contribution in [-0.2, 0) is 16.0 Å². The molecule has 2 aliphatic rings. The molecule has 0 spiro atoms. The number of esters is 1. The molecule has 0 radical (unpaired) electrons. The maximum Gasteiger partial charge on any atom is 0.339 e. The topological polar surface area (TPSA) is 75.1 Å². The Morgan fingerprint density at radius 1 is 1.21 bits per heavy atom. The molecule has 3 aromatic rings. The summed E-state index contributed by atoms with van der Waals surface area (Å²) >= 11 is 1.80. The van der Waals surface area contributed by atoms with Gasteiger partial charge in [0.25, 0.3) is 5.91 Å². The number of aryl methyl sites for hydroxylation is 1. The van der Waals surface area contributed by atoms with E-state index in [0.29, 0.717) is 52.5 Å². The van der Waals surface area contributed by atoms with Crippen molar-refractivity contribution in [3.05, 3.63) is 105 Å². The lowest BCUT2D eigenvalue weighted by Crippen LogP contribution is -2.42.